The largest absolute Gasteiger partial charge is 0.472 e. The maximum Gasteiger partial charge on any atom is 0.257 e. The molecule has 0 spiro atoms. The molecule has 2 aromatic heterocycles. The van der Waals surface area contributed by atoms with Crippen molar-refractivity contribution in [3.8, 4) is 0 Å². The summed E-state index contributed by atoms with van der Waals surface area (Å²) >= 11 is 0. The monoisotopic (exact) mass is 335 g/mol. The van der Waals surface area contributed by atoms with Gasteiger partial charge in [-0.15, -0.1) is 0 Å². The normalized spacial score (nSPS) is 15.8. The predicted octanol–water partition coefficient (Wildman–Crippen LogP) is 1.67. The van der Waals surface area contributed by atoms with Crippen molar-refractivity contribution in [3.05, 3.63) is 35.9 Å². The Morgan fingerprint density at radius 2 is 2.25 bits per heavy atom. The molecule has 24 heavy (non-hydrogen) atoms. The van der Waals surface area contributed by atoms with Gasteiger partial charge in [-0.3, -0.25) is 4.79 Å². The second-order valence-electron chi connectivity index (χ2n) is 5.66. The van der Waals surface area contributed by atoms with Crippen molar-refractivity contribution in [1.82, 2.24) is 15.0 Å². The quantitative estimate of drug-likeness (QED) is 0.760. The number of methoxy groups -OCH3 is 1. The SMILES string of the molecule is COCCc1noc(COC2CCN(C(=O)c3ccoc3)CC2)n1. The molecule has 1 saturated heterocycles. The number of amides is 1. The van der Waals surface area contributed by atoms with Crippen LogP contribution in [0.4, 0.5) is 0 Å². The molecule has 0 saturated carbocycles. The van der Waals surface area contributed by atoms with E-state index in [9.17, 15) is 4.79 Å². The van der Waals surface area contributed by atoms with Gasteiger partial charge in [-0.1, -0.05) is 5.16 Å². The lowest BCUT2D eigenvalue weighted by molar-refractivity contribution is -0.00979. The van der Waals surface area contributed by atoms with Gasteiger partial charge in [0.1, 0.15) is 12.9 Å². The van der Waals surface area contributed by atoms with Crippen molar-refractivity contribution in [2.45, 2.75) is 32.0 Å². The lowest BCUT2D eigenvalue weighted by Gasteiger charge is -2.31. The number of piperidine rings is 1. The van der Waals surface area contributed by atoms with Gasteiger partial charge < -0.3 is 23.3 Å². The van der Waals surface area contributed by atoms with Crippen LogP contribution < -0.4 is 0 Å². The summed E-state index contributed by atoms with van der Waals surface area (Å²) < 4.78 is 20.9. The average molecular weight is 335 g/mol. The molecule has 1 aliphatic heterocycles. The standard InChI is InChI=1S/C16H21N3O5/c1-21-8-5-14-17-15(24-18-14)11-23-13-2-6-19(7-3-13)16(20)12-4-9-22-10-12/h4,9-10,13H,2-3,5-8,11H2,1H3. The van der Waals surface area contributed by atoms with Crippen LogP contribution >= 0.6 is 0 Å². The molecule has 2 aromatic rings. The lowest BCUT2D eigenvalue weighted by Crippen LogP contribution is -2.40. The molecule has 1 amide bonds. The van der Waals surface area contributed by atoms with Gasteiger partial charge >= 0.3 is 0 Å². The van der Waals surface area contributed by atoms with Gasteiger partial charge in [0.05, 0.1) is 24.5 Å². The van der Waals surface area contributed by atoms with E-state index in [1.807, 2.05) is 4.90 Å². The van der Waals surface area contributed by atoms with Crippen LogP contribution in [0.1, 0.15) is 34.9 Å². The van der Waals surface area contributed by atoms with Gasteiger partial charge in [0, 0.05) is 26.6 Å². The van der Waals surface area contributed by atoms with Crippen LogP contribution in [0, 0.1) is 0 Å². The highest BCUT2D eigenvalue weighted by Gasteiger charge is 2.25. The van der Waals surface area contributed by atoms with Gasteiger partial charge in [-0.05, 0) is 18.9 Å². The minimum atomic E-state index is 0.00175. The van der Waals surface area contributed by atoms with E-state index in [2.05, 4.69) is 10.1 Å². The van der Waals surface area contributed by atoms with E-state index in [1.165, 1.54) is 12.5 Å². The number of rotatable bonds is 7. The number of hydrogen-bond donors (Lipinski definition) is 0. The van der Waals surface area contributed by atoms with Gasteiger partial charge in [0.2, 0.25) is 0 Å². The van der Waals surface area contributed by atoms with Crippen LogP contribution in [0.3, 0.4) is 0 Å². The first kappa shape index (κ1) is 16.7. The van der Waals surface area contributed by atoms with Crippen molar-refractivity contribution in [2.75, 3.05) is 26.8 Å². The van der Waals surface area contributed by atoms with Crippen molar-refractivity contribution >= 4 is 5.91 Å². The Labute approximate surface area is 139 Å². The van der Waals surface area contributed by atoms with Crippen LogP contribution in [0.5, 0.6) is 0 Å². The van der Waals surface area contributed by atoms with Crippen LogP contribution in [0.25, 0.3) is 0 Å². The first-order valence-corrected chi connectivity index (χ1v) is 7.99. The molecule has 8 nitrogen and oxygen atoms in total. The molecule has 3 rings (SSSR count). The highest BCUT2D eigenvalue weighted by atomic mass is 16.5. The third-order valence-corrected chi connectivity index (χ3v) is 3.98. The molecule has 0 aromatic carbocycles. The fraction of sp³-hybridized carbons (Fsp3) is 0.562. The molecule has 3 heterocycles. The number of aromatic nitrogens is 2. The van der Waals surface area contributed by atoms with E-state index < -0.39 is 0 Å². The van der Waals surface area contributed by atoms with Crippen molar-refractivity contribution in [3.63, 3.8) is 0 Å². The zero-order valence-electron chi connectivity index (χ0n) is 13.6. The summed E-state index contributed by atoms with van der Waals surface area (Å²) in [5, 5.41) is 3.87. The number of carbonyl (C=O) groups is 1. The zero-order chi connectivity index (χ0) is 16.8. The minimum Gasteiger partial charge on any atom is -0.472 e. The fourth-order valence-electron chi connectivity index (χ4n) is 2.63. The fourth-order valence-corrected chi connectivity index (χ4v) is 2.63. The molecule has 1 aliphatic rings. The summed E-state index contributed by atoms with van der Waals surface area (Å²) in [5.41, 5.74) is 0.587. The van der Waals surface area contributed by atoms with Gasteiger partial charge in [-0.25, -0.2) is 0 Å². The minimum absolute atomic E-state index is 0.00175. The third-order valence-electron chi connectivity index (χ3n) is 3.98. The summed E-state index contributed by atoms with van der Waals surface area (Å²) in [7, 11) is 1.63. The molecule has 130 valence electrons. The zero-order valence-corrected chi connectivity index (χ0v) is 13.6. The van der Waals surface area contributed by atoms with E-state index in [-0.39, 0.29) is 12.0 Å². The molecule has 0 N–H and O–H groups in total. The average Bonchev–Trinajstić information content (AvgIpc) is 3.30. The molecule has 0 unspecified atom stereocenters. The summed E-state index contributed by atoms with van der Waals surface area (Å²) in [6.07, 6.45) is 5.26. The van der Waals surface area contributed by atoms with Crippen molar-refractivity contribution in [2.24, 2.45) is 0 Å². The highest BCUT2D eigenvalue weighted by Crippen LogP contribution is 2.17. The Bertz CT molecular complexity index is 632. The molecule has 0 bridgehead atoms. The van der Waals surface area contributed by atoms with Gasteiger partial charge in [-0.2, -0.15) is 4.98 Å². The first-order chi connectivity index (χ1) is 11.8. The Hall–Kier alpha value is -2.19. The van der Waals surface area contributed by atoms with Crippen molar-refractivity contribution < 1.29 is 23.2 Å². The molecule has 0 atom stereocenters. The molecule has 8 heteroatoms. The summed E-state index contributed by atoms with van der Waals surface area (Å²) in [4.78, 5) is 18.3. The summed E-state index contributed by atoms with van der Waals surface area (Å²) in [5.74, 6) is 1.09. The van der Waals surface area contributed by atoms with Gasteiger partial charge in [0.25, 0.3) is 11.8 Å². The van der Waals surface area contributed by atoms with Crippen molar-refractivity contribution in [1.29, 1.82) is 0 Å². The second kappa shape index (κ2) is 8.07. The van der Waals surface area contributed by atoms with Gasteiger partial charge in [0.15, 0.2) is 5.82 Å². The number of furan rings is 1. The molecule has 1 fully saturated rings. The van der Waals surface area contributed by atoms with Crippen LogP contribution in [-0.2, 0) is 22.5 Å². The Morgan fingerprint density at radius 1 is 1.42 bits per heavy atom. The maximum atomic E-state index is 12.2. The lowest BCUT2D eigenvalue weighted by atomic mass is 10.1. The summed E-state index contributed by atoms with van der Waals surface area (Å²) in [6.45, 7) is 2.18. The van der Waals surface area contributed by atoms with E-state index in [4.69, 9.17) is 18.4 Å². The topological polar surface area (TPSA) is 90.8 Å². The molecule has 0 aliphatic carbocycles. The highest BCUT2D eigenvalue weighted by molar-refractivity contribution is 5.93. The summed E-state index contributed by atoms with van der Waals surface area (Å²) in [6, 6.07) is 1.68. The number of hydrogen-bond acceptors (Lipinski definition) is 7. The Morgan fingerprint density at radius 3 is 2.96 bits per heavy atom. The van der Waals surface area contributed by atoms with E-state index >= 15 is 0 Å². The third kappa shape index (κ3) is 4.21. The Kier molecular flexibility index (Phi) is 5.60. The van der Waals surface area contributed by atoms with Crippen LogP contribution in [0.2, 0.25) is 0 Å². The van der Waals surface area contributed by atoms with Crippen LogP contribution in [0.15, 0.2) is 27.5 Å². The maximum absolute atomic E-state index is 12.2. The number of ether oxygens (including phenoxy) is 2. The number of nitrogens with zero attached hydrogens (tertiary/aromatic N) is 3. The Balaban J connectivity index is 1.41. The smallest absolute Gasteiger partial charge is 0.257 e. The molecular formula is C16H21N3O5. The van der Waals surface area contributed by atoms with E-state index in [0.717, 1.165) is 12.8 Å². The number of likely N-dealkylation sites (tertiary alicyclic amines) is 1. The predicted molar refractivity (Wildman–Crippen MR) is 82.3 cm³/mol. The second-order valence-corrected chi connectivity index (χ2v) is 5.66. The van der Waals surface area contributed by atoms with E-state index in [1.54, 1.807) is 13.2 Å². The first-order valence-electron chi connectivity index (χ1n) is 7.99. The molecular weight excluding hydrogens is 314 g/mol. The molecule has 0 radical (unpaired) electrons. The number of carbonyl (C=O) groups excluding carboxylic acids is 1. The van der Waals surface area contributed by atoms with E-state index in [0.29, 0.717) is 50.0 Å². The van der Waals surface area contributed by atoms with Crippen LogP contribution in [-0.4, -0.2) is 53.9 Å².